The minimum absolute atomic E-state index is 0.0854. The van der Waals surface area contributed by atoms with Crippen LogP contribution in [0.4, 0.5) is 0 Å². The van der Waals surface area contributed by atoms with E-state index in [1.165, 1.54) is 10.4 Å². The van der Waals surface area contributed by atoms with E-state index in [0.29, 0.717) is 13.0 Å². The van der Waals surface area contributed by atoms with Gasteiger partial charge in [-0.2, -0.15) is 0 Å². The first-order valence-corrected chi connectivity index (χ1v) is 7.05. The predicted octanol–water partition coefficient (Wildman–Crippen LogP) is 2.86. The molecular weight excluding hydrogens is 260 g/mol. The summed E-state index contributed by atoms with van der Waals surface area (Å²) in [6, 6.07) is 2.08. The van der Waals surface area contributed by atoms with Gasteiger partial charge < -0.3 is 9.42 Å². The first-order chi connectivity index (χ1) is 8.99. The molecular formula is C14H18N2O2S. The van der Waals surface area contributed by atoms with Crippen molar-refractivity contribution in [2.24, 2.45) is 0 Å². The van der Waals surface area contributed by atoms with Crippen LogP contribution in [0.5, 0.6) is 0 Å². The highest BCUT2D eigenvalue weighted by molar-refractivity contribution is 7.10. The number of carbonyl (C=O) groups excluding carboxylic acids is 1. The van der Waals surface area contributed by atoms with Crippen molar-refractivity contribution >= 4 is 17.2 Å². The van der Waals surface area contributed by atoms with Crippen molar-refractivity contribution in [1.29, 1.82) is 0 Å². The topological polar surface area (TPSA) is 46.3 Å². The number of hydrogen-bond donors (Lipinski definition) is 0. The smallest absolute Gasteiger partial charge is 0.227 e. The van der Waals surface area contributed by atoms with Gasteiger partial charge in [-0.25, -0.2) is 0 Å². The van der Waals surface area contributed by atoms with Crippen molar-refractivity contribution in [3.05, 3.63) is 38.9 Å². The van der Waals surface area contributed by atoms with Gasteiger partial charge in [-0.15, -0.1) is 11.3 Å². The van der Waals surface area contributed by atoms with Gasteiger partial charge in [-0.05, 0) is 37.8 Å². The molecule has 0 N–H and O–H groups in total. The standard InChI is InChI=1S/C14H18N2O2S/c1-9-5-6-19-13(9)8-16(4)14(17)7-12-10(2)15-18-11(12)3/h5-6H,7-8H2,1-4H3. The van der Waals surface area contributed by atoms with Gasteiger partial charge in [0.1, 0.15) is 5.76 Å². The quantitative estimate of drug-likeness (QED) is 0.864. The molecule has 5 heteroatoms. The van der Waals surface area contributed by atoms with Crippen molar-refractivity contribution in [3.8, 4) is 0 Å². The van der Waals surface area contributed by atoms with Gasteiger partial charge in [0.2, 0.25) is 5.91 Å². The third kappa shape index (κ3) is 3.04. The van der Waals surface area contributed by atoms with E-state index in [2.05, 4.69) is 23.5 Å². The van der Waals surface area contributed by atoms with E-state index in [1.54, 1.807) is 16.2 Å². The highest BCUT2D eigenvalue weighted by Gasteiger charge is 2.17. The van der Waals surface area contributed by atoms with Crippen molar-refractivity contribution in [1.82, 2.24) is 10.1 Å². The number of aromatic nitrogens is 1. The summed E-state index contributed by atoms with van der Waals surface area (Å²) < 4.78 is 5.08. The first kappa shape index (κ1) is 13.8. The molecule has 0 aliphatic heterocycles. The van der Waals surface area contributed by atoms with E-state index < -0.39 is 0 Å². The molecule has 0 aliphatic carbocycles. The number of likely N-dealkylation sites (N-methyl/N-ethyl adjacent to an activating group) is 1. The van der Waals surface area contributed by atoms with Crippen LogP contribution in [0.1, 0.15) is 27.5 Å². The highest BCUT2D eigenvalue weighted by atomic mass is 32.1. The van der Waals surface area contributed by atoms with Crippen molar-refractivity contribution in [2.75, 3.05) is 7.05 Å². The molecule has 0 saturated heterocycles. The predicted molar refractivity (Wildman–Crippen MR) is 75.2 cm³/mol. The summed E-state index contributed by atoms with van der Waals surface area (Å²) in [6.07, 6.45) is 0.349. The number of aryl methyl sites for hydroxylation is 3. The molecule has 2 heterocycles. The number of amides is 1. The first-order valence-electron chi connectivity index (χ1n) is 6.17. The Morgan fingerprint density at radius 3 is 2.68 bits per heavy atom. The molecule has 1 amide bonds. The van der Waals surface area contributed by atoms with Gasteiger partial charge >= 0.3 is 0 Å². The molecule has 2 aromatic heterocycles. The van der Waals surface area contributed by atoms with Gasteiger partial charge in [-0.3, -0.25) is 4.79 Å². The Labute approximate surface area is 117 Å². The molecule has 0 fully saturated rings. The molecule has 2 aromatic rings. The van der Waals surface area contributed by atoms with Crippen LogP contribution in [0.15, 0.2) is 16.0 Å². The van der Waals surface area contributed by atoms with Gasteiger partial charge in [0.05, 0.1) is 18.7 Å². The van der Waals surface area contributed by atoms with Crippen molar-refractivity contribution in [2.45, 2.75) is 33.7 Å². The lowest BCUT2D eigenvalue weighted by Crippen LogP contribution is -2.27. The molecule has 19 heavy (non-hydrogen) atoms. The maximum atomic E-state index is 12.2. The summed E-state index contributed by atoms with van der Waals surface area (Å²) in [5.41, 5.74) is 2.94. The molecule has 0 aromatic carbocycles. The second-order valence-corrected chi connectivity index (χ2v) is 5.76. The molecule has 0 bridgehead atoms. The summed E-state index contributed by atoms with van der Waals surface area (Å²) in [4.78, 5) is 15.2. The maximum absolute atomic E-state index is 12.2. The number of thiophene rings is 1. The monoisotopic (exact) mass is 278 g/mol. The van der Waals surface area contributed by atoms with Crippen LogP contribution in [0.25, 0.3) is 0 Å². The molecule has 102 valence electrons. The third-order valence-electron chi connectivity index (χ3n) is 3.28. The van der Waals surface area contributed by atoms with Crippen molar-refractivity contribution < 1.29 is 9.32 Å². The van der Waals surface area contributed by atoms with Crippen LogP contribution in [0.2, 0.25) is 0 Å². The Morgan fingerprint density at radius 2 is 2.16 bits per heavy atom. The average molecular weight is 278 g/mol. The Balaban J connectivity index is 2.02. The SMILES string of the molecule is Cc1ccsc1CN(C)C(=O)Cc1c(C)noc1C. The lowest BCUT2D eigenvalue weighted by molar-refractivity contribution is -0.129. The number of carbonyl (C=O) groups is 1. The van der Waals surface area contributed by atoms with E-state index in [1.807, 2.05) is 20.9 Å². The molecule has 0 unspecified atom stereocenters. The molecule has 0 aliphatic rings. The van der Waals surface area contributed by atoms with E-state index in [0.717, 1.165) is 17.0 Å². The molecule has 0 radical (unpaired) electrons. The lowest BCUT2D eigenvalue weighted by atomic mass is 10.1. The maximum Gasteiger partial charge on any atom is 0.227 e. The van der Waals surface area contributed by atoms with Crippen LogP contribution in [-0.4, -0.2) is 23.0 Å². The summed E-state index contributed by atoms with van der Waals surface area (Å²) in [5, 5.41) is 5.93. The van der Waals surface area contributed by atoms with Crippen LogP contribution in [0, 0.1) is 20.8 Å². The Hall–Kier alpha value is -1.62. The second-order valence-electron chi connectivity index (χ2n) is 4.76. The number of nitrogens with zero attached hydrogens (tertiary/aromatic N) is 2. The lowest BCUT2D eigenvalue weighted by Gasteiger charge is -2.16. The summed E-state index contributed by atoms with van der Waals surface area (Å²) in [7, 11) is 1.83. The van der Waals surface area contributed by atoms with Gasteiger partial charge in [0.15, 0.2) is 0 Å². The highest BCUT2D eigenvalue weighted by Crippen LogP contribution is 2.19. The van der Waals surface area contributed by atoms with Gasteiger partial charge in [-0.1, -0.05) is 5.16 Å². The summed E-state index contributed by atoms with van der Waals surface area (Å²) in [6.45, 7) is 6.43. The fourth-order valence-corrected chi connectivity index (χ4v) is 2.87. The van der Waals surface area contributed by atoms with Crippen LogP contribution in [0.3, 0.4) is 0 Å². The Kier molecular flexibility index (Phi) is 4.04. The molecule has 4 nitrogen and oxygen atoms in total. The van der Waals surface area contributed by atoms with Crippen molar-refractivity contribution in [3.63, 3.8) is 0 Å². The van der Waals surface area contributed by atoms with Gasteiger partial charge in [0, 0.05) is 17.5 Å². The van der Waals surface area contributed by atoms with Crippen LogP contribution in [-0.2, 0) is 17.8 Å². The average Bonchev–Trinajstić information content (AvgIpc) is 2.90. The van der Waals surface area contributed by atoms with Crippen LogP contribution < -0.4 is 0 Å². The Morgan fingerprint density at radius 1 is 1.42 bits per heavy atom. The zero-order valence-corrected chi connectivity index (χ0v) is 12.5. The second kappa shape index (κ2) is 5.57. The molecule has 0 saturated carbocycles. The molecule has 0 spiro atoms. The summed E-state index contributed by atoms with van der Waals surface area (Å²) in [5.74, 6) is 0.814. The normalized spacial score (nSPS) is 10.7. The van der Waals surface area contributed by atoms with E-state index in [-0.39, 0.29) is 5.91 Å². The third-order valence-corrected chi connectivity index (χ3v) is 4.29. The molecule has 0 atom stereocenters. The minimum Gasteiger partial charge on any atom is -0.361 e. The zero-order valence-electron chi connectivity index (χ0n) is 11.7. The van der Waals surface area contributed by atoms with E-state index >= 15 is 0 Å². The number of rotatable bonds is 4. The Bertz CT molecular complexity index is 567. The van der Waals surface area contributed by atoms with E-state index in [4.69, 9.17) is 4.52 Å². The molecule has 2 rings (SSSR count). The fraction of sp³-hybridized carbons (Fsp3) is 0.429. The van der Waals surface area contributed by atoms with Crippen LogP contribution >= 0.6 is 11.3 Å². The number of hydrogen-bond acceptors (Lipinski definition) is 4. The minimum atomic E-state index is 0.0854. The largest absolute Gasteiger partial charge is 0.361 e. The van der Waals surface area contributed by atoms with Gasteiger partial charge in [0.25, 0.3) is 0 Å². The fourth-order valence-electron chi connectivity index (χ4n) is 1.91. The summed E-state index contributed by atoms with van der Waals surface area (Å²) >= 11 is 1.68. The van der Waals surface area contributed by atoms with E-state index in [9.17, 15) is 4.79 Å². The zero-order chi connectivity index (χ0) is 14.0.